The zero-order chi connectivity index (χ0) is 9.90. The van der Waals surface area contributed by atoms with E-state index in [1.807, 2.05) is 0 Å². The molecular weight excluding hydrogens is 188 g/mol. The second-order valence-electron chi connectivity index (χ2n) is 4.22. The number of esters is 1. The maximum atomic E-state index is 11.3. The van der Waals surface area contributed by atoms with E-state index < -0.39 is 4.87 Å². The molecule has 0 aromatic rings. The quantitative estimate of drug-likeness (QED) is 0.522. The van der Waals surface area contributed by atoms with E-state index in [1.165, 1.54) is 25.7 Å². The van der Waals surface area contributed by atoms with Gasteiger partial charge in [0.15, 0.2) is 0 Å². The second kappa shape index (κ2) is 4.32. The molecule has 0 aliphatic heterocycles. The third-order valence-electron chi connectivity index (χ3n) is 2.41. The molecule has 3 heteroatoms. The molecule has 0 saturated heterocycles. The van der Waals surface area contributed by atoms with Crippen LogP contribution in [0.15, 0.2) is 0 Å². The van der Waals surface area contributed by atoms with E-state index in [2.05, 4.69) is 0 Å². The largest absolute Gasteiger partial charge is 0.464 e. The highest BCUT2D eigenvalue weighted by atomic mass is 35.5. The fraction of sp³-hybridized carbons (Fsp3) is 0.900. The zero-order valence-corrected chi connectivity index (χ0v) is 9.06. The van der Waals surface area contributed by atoms with Crippen molar-refractivity contribution in [2.45, 2.75) is 44.4 Å². The van der Waals surface area contributed by atoms with Crippen LogP contribution in [0, 0.1) is 5.92 Å². The lowest BCUT2D eigenvalue weighted by Crippen LogP contribution is -2.28. The minimum atomic E-state index is -0.876. The molecule has 0 spiro atoms. The van der Waals surface area contributed by atoms with Crippen LogP contribution >= 0.6 is 11.6 Å². The van der Waals surface area contributed by atoms with Gasteiger partial charge in [-0.2, -0.15) is 0 Å². The second-order valence-corrected chi connectivity index (χ2v) is 5.17. The highest BCUT2D eigenvalue weighted by Gasteiger charge is 2.27. The van der Waals surface area contributed by atoms with Gasteiger partial charge < -0.3 is 4.74 Å². The molecule has 13 heavy (non-hydrogen) atoms. The zero-order valence-electron chi connectivity index (χ0n) is 8.31. The first-order valence-electron chi connectivity index (χ1n) is 4.86. The van der Waals surface area contributed by atoms with Crippen molar-refractivity contribution in [3.8, 4) is 0 Å². The van der Waals surface area contributed by atoms with E-state index in [-0.39, 0.29) is 5.97 Å². The van der Waals surface area contributed by atoms with Gasteiger partial charge >= 0.3 is 5.97 Å². The van der Waals surface area contributed by atoms with Crippen LogP contribution in [0.25, 0.3) is 0 Å². The maximum Gasteiger partial charge on any atom is 0.326 e. The number of ether oxygens (including phenoxy) is 1. The third kappa shape index (κ3) is 3.55. The summed E-state index contributed by atoms with van der Waals surface area (Å²) >= 11 is 5.79. The van der Waals surface area contributed by atoms with Crippen LogP contribution in [0.5, 0.6) is 0 Å². The summed E-state index contributed by atoms with van der Waals surface area (Å²) < 4.78 is 5.12. The molecule has 76 valence electrons. The van der Waals surface area contributed by atoms with Crippen molar-refractivity contribution >= 4 is 17.6 Å². The summed E-state index contributed by atoms with van der Waals surface area (Å²) in [7, 11) is 0. The first-order chi connectivity index (χ1) is 6.00. The van der Waals surface area contributed by atoms with Crippen molar-refractivity contribution in [3.63, 3.8) is 0 Å². The van der Waals surface area contributed by atoms with Crippen molar-refractivity contribution in [1.29, 1.82) is 0 Å². The van der Waals surface area contributed by atoms with Gasteiger partial charge in [-0.1, -0.05) is 12.8 Å². The molecular formula is C10H17ClO2. The molecule has 1 aliphatic rings. The van der Waals surface area contributed by atoms with Crippen LogP contribution in [0.4, 0.5) is 0 Å². The van der Waals surface area contributed by atoms with Crippen molar-refractivity contribution in [1.82, 2.24) is 0 Å². The van der Waals surface area contributed by atoms with Crippen molar-refractivity contribution in [3.05, 3.63) is 0 Å². The Balaban J connectivity index is 2.22. The molecule has 1 rings (SSSR count). The van der Waals surface area contributed by atoms with Crippen LogP contribution in [0.3, 0.4) is 0 Å². The normalized spacial score (nSPS) is 19.0. The Hall–Kier alpha value is -0.240. The first kappa shape index (κ1) is 10.8. The van der Waals surface area contributed by atoms with Gasteiger partial charge in [0.25, 0.3) is 0 Å². The Morgan fingerprint density at radius 1 is 1.46 bits per heavy atom. The summed E-state index contributed by atoms with van der Waals surface area (Å²) in [6, 6.07) is 0. The highest BCUT2D eigenvalue weighted by Crippen LogP contribution is 2.25. The fourth-order valence-electron chi connectivity index (χ4n) is 1.54. The van der Waals surface area contributed by atoms with Crippen LogP contribution in [0.1, 0.15) is 39.5 Å². The number of carbonyl (C=O) groups is 1. The Morgan fingerprint density at radius 2 is 2.00 bits per heavy atom. The van der Waals surface area contributed by atoms with Crippen LogP contribution in [0.2, 0.25) is 0 Å². The average molecular weight is 205 g/mol. The van der Waals surface area contributed by atoms with Crippen LogP contribution < -0.4 is 0 Å². The van der Waals surface area contributed by atoms with E-state index in [0.717, 1.165) is 0 Å². The van der Waals surface area contributed by atoms with E-state index >= 15 is 0 Å². The molecule has 0 aromatic heterocycles. The lowest BCUT2D eigenvalue weighted by Gasteiger charge is -2.16. The standard InChI is InChI=1S/C10H17ClO2/c1-10(2,11)9(12)13-7-8-5-3-4-6-8/h8H,3-7H2,1-2H3. The maximum absolute atomic E-state index is 11.3. The molecule has 0 amide bonds. The number of carbonyl (C=O) groups excluding carboxylic acids is 1. The summed E-state index contributed by atoms with van der Waals surface area (Å²) in [6.45, 7) is 3.87. The fourth-order valence-corrected chi connectivity index (χ4v) is 1.60. The molecule has 0 radical (unpaired) electrons. The molecule has 1 saturated carbocycles. The predicted molar refractivity (Wildman–Crippen MR) is 52.8 cm³/mol. The molecule has 0 aromatic carbocycles. The molecule has 0 atom stereocenters. The predicted octanol–water partition coefficient (Wildman–Crippen LogP) is 2.74. The van der Waals surface area contributed by atoms with Gasteiger partial charge in [0, 0.05) is 0 Å². The van der Waals surface area contributed by atoms with Gasteiger partial charge in [0.1, 0.15) is 4.87 Å². The lowest BCUT2D eigenvalue weighted by molar-refractivity contribution is -0.147. The van der Waals surface area contributed by atoms with Gasteiger partial charge in [-0.05, 0) is 32.6 Å². The molecule has 0 heterocycles. The van der Waals surface area contributed by atoms with Crippen LogP contribution in [-0.2, 0) is 9.53 Å². The lowest BCUT2D eigenvalue weighted by atomic mass is 10.1. The smallest absolute Gasteiger partial charge is 0.326 e. The van der Waals surface area contributed by atoms with Gasteiger partial charge in [0.2, 0.25) is 0 Å². The Kier molecular flexibility index (Phi) is 3.60. The molecule has 0 unspecified atom stereocenters. The summed E-state index contributed by atoms with van der Waals surface area (Å²) in [5.41, 5.74) is 0. The van der Waals surface area contributed by atoms with E-state index in [4.69, 9.17) is 16.3 Å². The number of rotatable bonds is 3. The topological polar surface area (TPSA) is 26.3 Å². The Morgan fingerprint density at radius 3 is 2.46 bits per heavy atom. The van der Waals surface area contributed by atoms with E-state index in [9.17, 15) is 4.79 Å². The van der Waals surface area contributed by atoms with Crippen molar-refractivity contribution in [2.75, 3.05) is 6.61 Å². The summed E-state index contributed by atoms with van der Waals surface area (Å²) in [6.07, 6.45) is 4.92. The number of alkyl halides is 1. The molecule has 1 fully saturated rings. The average Bonchev–Trinajstić information content (AvgIpc) is 2.50. The highest BCUT2D eigenvalue weighted by molar-refractivity contribution is 6.33. The van der Waals surface area contributed by atoms with Gasteiger partial charge in [0.05, 0.1) is 6.61 Å². The minimum absolute atomic E-state index is 0.305. The summed E-state index contributed by atoms with van der Waals surface area (Å²) in [5, 5.41) is 0. The van der Waals surface area contributed by atoms with Gasteiger partial charge in [-0.3, -0.25) is 4.79 Å². The summed E-state index contributed by atoms with van der Waals surface area (Å²) in [4.78, 5) is 10.4. The SMILES string of the molecule is CC(C)(Cl)C(=O)OCC1CCCC1. The molecule has 0 bridgehead atoms. The number of hydrogen-bond donors (Lipinski definition) is 0. The number of hydrogen-bond acceptors (Lipinski definition) is 2. The van der Waals surface area contributed by atoms with E-state index in [0.29, 0.717) is 12.5 Å². The van der Waals surface area contributed by atoms with Crippen molar-refractivity contribution < 1.29 is 9.53 Å². The van der Waals surface area contributed by atoms with E-state index in [1.54, 1.807) is 13.8 Å². The molecule has 1 aliphatic carbocycles. The molecule has 2 nitrogen and oxygen atoms in total. The summed E-state index contributed by atoms with van der Waals surface area (Å²) in [5.74, 6) is 0.268. The van der Waals surface area contributed by atoms with Crippen LogP contribution in [-0.4, -0.2) is 17.5 Å². The third-order valence-corrected chi connectivity index (χ3v) is 2.56. The Labute approximate surface area is 84.6 Å². The van der Waals surface area contributed by atoms with Gasteiger partial charge in [-0.25, -0.2) is 0 Å². The van der Waals surface area contributed by atoms with Gasteiger partial charge in [-0.15, -0.1) is 11.6 Å². The minimum Gasteiger partial charge on any atom is -0.464 e. The first-order valence-corrected chi connectivity index (χ1v) is 5.24. The van der Waals surface area contributed by atoms with Crippen molar-refractivity contribution in [2.24, 2.45) is 5.92 Å². The monoisotopic (exact) mass is 204 g/mol. The number of halogens is 1. The Bertz CT molecular complexity index is 178. The molecule has 0 N–H and O–H groups in total.